The van der Waals surface area contributed by atoms with Gasteiger partial charge in [0.05, 0.1) is 11.9 Å². The predicted molar refractivity (Wildman–Crippen MR) is 80.2 cm³/mol. The van der Waals surface area contributed by atoms with Gasteiger partial charge in [-0.1, -0.05) is 18.2 Å². The molecule has 0 radical (unpaired) electrons. The van der Waals surface area contributed by atoms with Crippen molar-refractivity contribution in [1.82, 2.24) is 4.98 Å². The van der Waals surface area contributed by atoms with Gasteiger partial charge in [0, 0.05) is 6.20 Å². The third-order valence-corrected chi connectivity index (χ3v) is 3.59. The lowest BCUT2D eigenvalue weighted by atomic mass is 9.98. The van der Waals surface area contributed by atoms with Gasteiger partial charge in [0.1, 0.15) is 11.7 Å². The van der Waals surface area contributed by atoms with Crippen LogP contribution >= 0.6 is 0 Å². The Kier molecular flexibility index (Phi) is 3.21. The molecular weight excluding hydrogens is 282 g/mol. The molecular formula is C16H13N3O3. The quantitative estimate of drug-likeness (QED) is 0.693. The number of hydrogen-bond donors (Lipinski definition) is 1. The minimum Gasteiger partial charge on any atom is -0.351 e. The Balaban J connectivity index is 0.000000196. The number of aromatic nitrogens is 1. The number of carbonyl (C=O) groups is 3. The summed E-state index contributed by atoms with van der Waals surface area (Å²) in [7, 11) is 0. The summed E-state index contributed by atoms with van der Waals surface area (Å²) in [6, 6.07) is 9.13. The number of urea groups is 1. The molecule has 0 fully saturated rings. The van der Waals surface area contributed by atoms with Gasteiger partial charge < -0.3 is 5.73 Å². The molecule has 6 nitrogen and oxygen atoms in total. The highest BCUT2D eigenvalue weighted by Crippen LogP contribution is 2.36. The van der Waals surface area contributed by atoms with Crippen LogP contribution in [0.5, 0.6) is 0 Å². The fourth-order valence-electron chi connectivity index (χ4n) is 2.50. The Morgan fingerprint density at radius 3 is 2.36 bits per heavy atom. The first-order valence-corrected chi connectivity index (χ1v) is 6.69. The molecule has 1 aromatic rings. The zero-order chi connectivity index (χ0) is 15.9. The summed E-state index contributed by atoms with van der Waals surface area (Å²) >= 11 is 0. The maximum atomic E-state index is 11.8. The second-order valence-corrected chi connectivity index (χ2v) is 5.07. The van der Waals surface area contributed by atoms with Gasteiger partial charge in [-0.25, -0.2) is 9.69 Å². The van der Waals surface area contributed by atoms with Gasteiger partial charge in [0.25, 0.3) is 0 Å². The van der Waals surface area contributed by atoms with Crippen LogP contribution in [0, 0.1) is 0 Å². The highest BCUT2D eigenvalue weighted by molar-refractivity contribution is 6.26. The van der Waals surface area contributed by atoms with Crippen LogP contribution in [-0.2, 0) is 9.59 Å². The smallest absolute Gasteiger partial charge is 0.326 e. The molecule has 0 aromatic carbocycles. The molecule has 2 heterocycles. The highest BCUT2D eigenvalue weighted by atomic mass is 16.2. The predicted octanol–water partition coefficient (Wildman–Crippen LogP) is 1.85. The molecule has 0 saturated carbocycles. The van der Waals surface area contributed by atoms with Crippen molar-refractivity contribution in [2.75, 3.05) is 4.90 Å². The van der Waals surface area contributed by atoms with Gasteiger partial charge in [0.2, 0.25) is 5.91 Å². The molecule has 4 rings (SSSR count). The summed E-state index contributed by atoms with van der Waals surface area (Å²) in [5, 5.41) is 0. The molecule has 22 heavy (non-hydrogen) atoms. The molecule has 3 aliphatic rings. The van der Waals surface area contributed by atoms with Crippen molar-refractivity contribution in [1.29, 1.82) is 0 Å². The molecule has 110 valence electrons. The minimum atomic E-state index is -0.939. The number of anilines is 1. The summed E-state index contributed by atoms with van der Waals surface area (Å²) < 4.78 is 0. The number of carbonyl (C=O) groups excluding carboxylic acids is 3. The van der Waals surface area contributed by atoms with Crippen molar-refractivity contribution in [3.05, 3.63) is 48.3 Å². The fraction of sp³-hybridized carbons (Fsp3) is 0.125. The van der Waals surface area contributed by atoms with Crippen LogP contribution < -0.4 is 10.6 Å². The number of ketones is 1. The molecule has 1 atom stereocenters. The average Bonchev–Trinajstić information content (AvgIpc) is 2.93. The van der Waals surface area contributed by atoms with Crippen LogP contribution in [0.1, 0.15) is 18.4 Å². The summed E-state index contributed by atoms with van der Waals surface area (Å²) in [5.41, 5.74) is 8.71. The normalized spacial score (nSPS) is 16.5. The second kappa shape index (κ2) is 5.07. The van der Waals surface area contributed by atoms with Crippen molar-refractivity contribution in [3.8, 4) is 11.1 Å². The van der Waals surface area contributed by atoms with Crippen molar-refractivity contribution in [2.24, 2.45) is 5.73 Å². The monoisotopic (exact) mass is 295 g/mol. The number of imide groups is 1. The van der Waals surface area contributed by atoms with E-state index in [1.54, 1.807) is 6.07 Å². The lowest BCUT2D eigenvalue weighted by Gasteiger charge is -2.11. The molecule has 2 N–H and O–H groups in total. The summed E-state index contributed by atoms with van der Waals surface area (Å²) in [5.74, 6) is -1.87. The van der Waals surface area contributed by atoms with Crippen LogP contribution in [0.25, 0.3) is 11.1 Å². The molecule has 0 spiro atoms. The first-order valence-electron chi connectivity index (χ1n) is 6.69. The van der Waals surface area contributed by atoms with Crippen molar-refractivity contribution in [2.45, 2.75) is 12.8 Å². The summed E-state index contributed by atoms with van der Waals surface area (Å²) in [6.07, 6.45) is 2.81. The number of fused-ring (bicyclic) bond motifs is 2. The van der Waals surface area contributed by atoms with E-state index in [4.69, 9.17) is 5.73 Å². The highest BCUT2D eigenvalue weighted by Gasteiger charge is 2.42. The van der Waals surface area contributed by atoms with Gasteiger partial charge in [-0.15, -0.1) is 0 Å². The first-order chi connectivity index (χ1) is 10.5. The van der Waals surface area contributed by atoms with Crippen LogP contribution in [0.15, 0.2) is 42.7 Å². The van der Waals surface area contributed by atoms with E-state index in [1.807, 2.05) is 0 Å². The Morgan fingerprint density at radius 1 is 1.23 bits per heavy atom. The lowest BCUT2D eigenvalue weighted by molar-refractivity contribution is -0.126. The zero-order valence-electron chi connectivity index (χ0n) is 11.8. The number of rotatable bonds is 1. The third-order valence-electron chi connectivity index (χ3n) is 3.59. The standard InChI is InChI=1S/C10H9N3O3.C6H4/c1-5(14)8-6-2-3-12-4-7(6)13(9(8)15)10(11)16;1-2-5-4-6(5)3-1/h2-4,8H,1H3,(H2,11,16);1-4H. The second-order valence-electron chi connectivity index (χ2n) is 5.07. The van der Waals surface area contributed by atoms with Gasteiger partial charge in [-0.3, -0.25) is 14.6 Å². The van der Waals surface area contributed by atoms with Gasteiger partial charge in [-0.05, 0) is 35.7 Å². The number of hydrogen-bond acceptors (Lipinski definition) is 4. The van der Waals surface area contributed by atoms with E-state index in [2.05, 4.69) is 29.2 Å². The largest absolute Gasteiger partial charge is 0.351 e. The number of nitrogens with two attached hydrogens (primary N) is 1. The van der Waals surface area contributed by atoms with Crippen LogP contribution in [0.2, 0.25) is 0 Å². The molecule has 3 amide bonds. The van der Waals surface area contributed by atoms with Crippen molar-refractivity contribution in [3.63, 3.8) is 0 Å². The maximum Gasteiger partial charge on any atom is 0.326 e. The van der Waals surface area contributed by atoms with E-state index < -0.39 is 17.9 Å². The van der Waals surface area contributed by atoms with Gasteiger partial charge >= 0.3 is 6.03 Å². The molecule has 0 saturated heterocycles. The molecule has 1 unspecified atom stereocenters. The SMILES string of the molecule is CC(=O)C1C(=O)N(C(N)=O)c2cnccc21.c1cc2cc-2c1. The van der Waals surface area contributed by atoms with Gasteiger partial charge in [-0.2, -0.15) is 0 Å². The lowest BCUT2D eigenvalue weighted by Crippen LogP contribution is -2.40. The Labute approximate surface area is 126 Å². The van der Waals surface area contributed by atoms with E-state index in [0.717, 1.165) is 4.90 Å². The minimum absolute atomic E-state index is 0.292. The Bertz CT molecular complexity index is 740. The third kappa shape index (κ3) is 2.24. The first kappa shape index (κ1) is 13.9. The van der Waals surface area contributed by atoms with Crippen molar-refractivity contribution < 1.29 is 14.4 Å². The van der Waals surface area contributed by atoms with E-state index in [9.17, 15) is 14.4 Å². The maximum absolute atomic E-state index is 11.8. The summed E-state index contributed by atoms with van der Waals surface area (Å²) in [4.78, 5) is 38.9. The average molecular weight is 295 g/mol. The number of pyridine rings is 1. The van der Waals surface area contributed by atoms with E-state index >= 15 is 0 Å². The molecule has 1 aromatic heterocycles. The topological polar surface area (TPSA) is 93.4 Å². The van der Waals surface area contributed by atoms with Crippen LogP contribution in [0.4, 0.5) is 10.5 Å². The number of amides is 3. The number of benzene rings is 1. The number of primary amides is 1. The molecule has 2 aliphatic carbocycles. The van der Waals surface area contributed by atoms with E-state index in [-0.39, 0.29) is 5.78 Å². The van der Waals surface area contributed by atoms with E-state index in [1.165, 1.54) is 30.4 Å². The zero-order valence-corrected chi connectivity index (χ0v) is 11.8. The Hall–Kier alpha value is -3.02. The molecule has 6 heteroatoms. The Morgan fingerprint density at radius 2 is 1.91 bits per heavy atom. The van der Waals surface area contributed by atoms with Crippen LogP contribution in [0.3, 0.4) is 0 Å². The van der Waals surface area contributed by atoms with E-state index in [0.29, 0.717) is 11.3 Å². The van der Waals surface area contributed by atoms with Crippen molar-refractivity contribution >= 4 is 23.4 Å². The molecule has 0 bridgehead atoms. The fourth-order valence-corrected chi connectivity index (χ4v) is 2.50. The molecule has 1 aliphatic heterocycles. The number of nitrogens with zero attached hydrogens (tertiary/aromatic N) is 2. The number of Topliss-reactive ketones (excluding diaryl/α,β-unsaturated/α-hetero) is 1. The van der Waals surface area contributed by atoms with Crippen LogP contribution in [-0.4, -0.2) is 22.7 Å². The van der Waals surface area contributed by atoms with Gasteiger partial charge in [0.15, 0.2) is 0 Å². The summed E-state index contributed by atoms with van der Waals surface area (Å²) in [6.45, 7) is 1.30.